The third-order valence-electron chi connectivity index (χ3n) is 2.62. The second kappa shape index (κ2) is 4.45. The largest absolute Gasteiger partial charge is 0.298 e. The molecule has 0 bridgehead atoms. The molecule has 0 aliphatic heterocycles. The van der Waals surface area contributed by atoms with Crippen molar-refractivity contribution in [3.63, 3.8) is 0 Å². The molecule has 3 heteroatoms. The molecule has 0 spiro atoms. The van der Waals surface area contributed by atoms with Crippen molar-refractivity contribution in [3.8, 4) is 11.1 Å². The quantitative estimate of drug-likeness (QED) is 0.720. The van der Waals surface area contributed by atoms with Crippen LogP contribution >= 0.6 is 0 Å². The van der Waals surface area contributed by atoms with Crippen LogP contribution in [0.1, 0.15) is 15.9 Å². The normalized spacial score (nSPS) is 10.3. The Morgan fingerprint density at radius 3 is 2.41 bits per heavy atom. The standard InChI is InChI=1S/C14H10F2O/c1-9-2-3-10(8-17)6-13(9)12-5-4-11(15)7-14(12)16/h2-8H,1H3. The van der Waals surface area contributed by atoms with Crippen LogP contribution in [0.2, 0.25) is 0 Å². The highest BCUT2D eigenvalue weighted by molar-refractivity contribution is 5.80. The van der Waals surface area contributed by atoms with Crippen LogP contribution in [0.25, 0.3) is 11.1 Å². The lowest BCUT2D eigenvalue weighted by Crippen LogP contribution is -1.91. The SMILES string of the molecule is Cc1ccc(C=O)cc1-c1ccc(F)cc1F. The molecule has 0 aliphatic carbocycles. The third-order valence-corrected chi connectivity index (χ3v) is 2.62. The summed E-state index contributed by atoms with van der Waals surface area (Å²) in [4.78, 5) is 10.7. The smallest absolute Gasteiger partial charge is 0.150 e. The van der Waals surface area contributed by atoms with E-state index in [1.807, 2.05) is 6.92 Å². The van der Waals surface area contributed by atoms with Crippen molar-refractivity contribution in [2.45, 2.75) is 6.92 Å². The minimum atomic E-state index is -0.629. The zero-order valence-corrected chi connectivity index (χ0v) is 9.21. The molecule has 2 rings (SSSR count). The van der Waals surface area contributed by atoms with Crippen molar-refractivity contribution in [2.75, 3.05) is 0 Å². The molecule has 0 atom stereocenters. The van der Waals surface area contributed by atoms with Gasteiger partial charge < -0.3 is 0 Å². The minimum Gasteiger partial charge on any atom is -0.298 e. The molecule has 17 heavy (non-hydrogen) atoms. The first kappa shape index (κ1) is 11.5. The Kier molecular flexibility index (Phi) is 3.00. The van der Waals surface area contributed by atoms with Gasteiger partial charge in [-0.05, 0) is 36.2 Å². The van der Waals surface area contributed by atoms with Gasteiger partial charge in [0.05, 0.1) is 0 Å². The van der Waals surface area contributed by atoms with Crippen LogP contribution in [0, 0.1) is 18.6 Å². The molecule has 0 N–H and O–H groups in total. The fourth-order valence-electron chi connectivity index (χ4n) is 1.71. The lowest BCUT2D eigenvalue weighted by molar-refractivity contribution is 0.112. The first-order valence-electron chi connectivity index (χ1n) is 5.13. The molecule has 0 saturated heterocycles. The van der Waals surface area contributed by atoms with Gasteiger partial charge in [0.2, 0.25) is 0 Å². The first-order chi connectivity index (χ1) is 8.11. The Morgan fingerprint density at radius 2 is 1.76 bits per heavy atom. The van der Waals surface area contributed by atoms with E-state index in [1.165, 1.54) is 12.1 Å². The van der Waals surface area contributed by atoms with E-state index in [-0.39, 0.29) is 0 Å². The Hall–Kier alpha value is -2.03. The molecule has 0 amide bonds. The maximum Gasteiger partial charge on any atom is 0.150 e. The van der Waals surface area contributed by atoms with Crippen LogP contribution in [0.3, 0.4) is 0 Å². The molecule has 0 unspecified atom stereocenters. The molecule has 2 aromatic rings. The summed E-state index contributed by atoms with van der Waals surface area (Å²) < 4.78 is 26.4. The zero-order chi connectivity index (χ0) is 12.4. The third kappa shape index (κ3) is 2.23. The highest BCUT2D eigenvalue weighted by Gasteiger charge is 2.09. The van der Waals surface area contributed by atoms with Crippen molar-refractivity contribution < 1.29 is 13.6 Å². The molecular formula is C14H10F2O. The number of halogens is 2. The van der Waals surface area contributed by atoms with Crippen molar-refractivity contribution in [3.05, 3.63) is 59.2 Å². The van der Waals surface area contributed by atoms with Crippen molar-refractivity contribution in [1.82, 2.24) is 0 Å². The molecule has 0 heterocycles. The van der Waals surface area contributed by atoms with E-state index in [2.05, 4.69) is 0 Å². The molecular weight excluding hydrogens is 222 g/mol. The van der Waals surface area contributed by atoms with Crippen molar-refractivity contribution in [2.24, 2.45) is 0 Å². The van der Waals surface area contributed by atoms with Gasteiger partial charge in [-0.1, -0.05) is 12.1 Å². The zero-order valence-electron chi connectivity index (χ0n) is 9.21. The van der Waals surface area contributed by atoms with Crippen LogP contribution in [0.4, 0.5) is 8.78 Å². The summed E-state index contributed by atoms with van der Waals surface area (Å²) in [6.45, 7) is 1.81. The first-order valence-corrected chi connectivity index (χ1v) is 5.13. The number of benzene rings is 2. The Bertz CT molecular complexity index is 576. The summed E-state index contributed by atoms with van der Waals surface area (Å²) in [6, 6.07) is 8.41. The Morgan fingerprint density at radius 1 is 1.00 bits per heavy atom. The average Bonchev–Trinajstić information content (AvgIpc) is 2.30. The predicted octanol–water partition coefficient (Wildman–Crippen LogP) is 3.75. The minimum absolute atomic E-state index is 0.299. The number of hydrogen-bond donors (Lipinski definition) is 0. The number of carbonyl (C=O) groups excluding carboxylic acids is 1. The van der Waals surface area contributed by atoms with E-state index in [0.717, 1.165) is 11.6 Å². The molecule has 1 nitrogen and oxygen atoms in total. The van der Waals surface area contributed by atoms with Crippen LogP contribution in [-0.4, -0.2) is 6.29 Å². The highest BCUT2D eigenvalue weighted by atomic mass is 19.1. The van der Waals surface area contributed by atoms with Crippen molar-refractivity contribution >= 4 is 6.29 Å². The summed E-state index contributed by atoms with van der Waals surface area (Å²) >= 11 is 0. The molecule has 86 valence electrons. The van der Waals surface area contributed by atoms with Gasteiger partial charge in [0.15, 0.2) is 0 Å². The molecule has 2 aromatic carbocycles. The second-order valence-electron chi connectivity index (χ2n) is 3.82. The van der Waals surface area contributed by atoms with Gasteiger partial charge in [0.25, 0.3) is 0 Å². The topological polar surface area (TPSA) is 17.1 Å². The van der Waals surface area contributed by atoms with Gasteiger partial charge in [-0.25, -0.2) is 8.78 Å². The summed E-state index contributed by atoms with van der Waals surface area (Å²) in [6.07, 6.45) is 0.699. The number of rotatable bonds is 2. The van der Waals surface area contributed by atoms with Crippen molar-refractivity contribution in [1.29, 1.82) is 0 Å². The number of hydrogen-bond acceptors (Lipinski definition) is 1. The second-order valence-corrected chi connectivity index (χ2v) is 3.82. The van der Waals surface area contributed by atoms with Gasteiger partial charge in [-0.2, -0.15) is 0 Å². The lowest BCUT2D eigenvalue weighted by atomic mass is 9.98. The van der Waals surface area contributed by atoms with E-state index in [1.54, 1.807) is 18.2 Å². The van der Waals surface area contributed by atoms with Crippen LogP contribution in [0.5, 0.6) is 0 Å². The van der Waals surface area contributed by atoms with E-state index in [9.17, 15) is 13.6 Å². The van der Waals surface area contributed by atoms with Gasteiger partial charge in [0.1, 0.15) is 17.9 Å². The fraction of sp³-hybridized carbons (Fsp3) is 0.0714. The average molecular weight is 232 g/mol. The summed E-state index contributed by atoms with van der Waals surface area (Å²) in [5.74, 6) is -1.24. The van der Waals surface area contributed by atoms with Crippen LogP contribution in [-0.2, 0) is 0 Å². The molecule has 0 aliphatic rings. The monoisotopic (exact) mass is 232 g/mol. The van der Waals surface area contributed by atoms with Crippen LogP contribution < -0.4 is 0 Å². The Balaban J connectivity index is 2.63. The number of aryl methyl sites for hydroxylation is 1. The number of carbonyl (C=O) groups is 1. The molecule has 0 fully saturated rings. The summed E-state index contributed by atoms with van der Waals surface area (Å²) in [7, 11) is 0. The van der Waals surface area contributed by atoms with Gasteiger partial charge in [-0.15, -0.1) is 0 Å². The molecule has 0 saturated carbocycles. The predicted molar refractivity (Wildman–Crippen MR) is 61.9 cm³/mol. The summed E-state index contributed by atoms with van der Waals surface area (Å²) in [5.41, 5.74) is 2.20. The van der Waals surface area contributed by atoms with Crippen LogP contribution in [0.15, 0.2) is 36.4 Å². The van der Waals surface area contributed by atoms with E-state index in [4.69, 9.17) is 0 Å². The van der Waals surface area contributed by atoms with E-state index >= 15 is 0 Å². The van der Waals surface area contributed by atoms with E-state index < -0.39 is 11.6 Å². The maximum atomic E-state index is 13.6. The van der Waals surface area contributed by atoms with Gasteiger partial charge in [-0.3, -0.25) is 4.79 Å². The van der Waals surface area contributed by atoms with Gasteiger partial charge >= 0.3 is 0 Å². The highest BCUT2D eigenvalue weighted by Crippen LogP contribution is 2.27. The summed E-state index contributed by atoms with van der Waals surface area (Å²) in [5, 5.41) is 0. The Labute approximate surface area is 97.7 Å². The molecule has 0 aromatic heterocycles. The lowest BCUT2D eigenvalue weighted by Gasteiger charge is -2.08. The van der Waals surface area contributed by atoms with E-state index in [0.29, 0.717) is 23.0 Å². The maximum absolute atomic E-state index is 13.6. The molecule has 0 radical (unpaired) electrons. The van der Waals surface area contributed by atoms with Gasteiger partial charge in [0, 0.05) is 17.2 Å². The number of aldehydes is 1. The fourth-order valence-corrected chi connectivity index (χ4v) is 1.71.